The van der Waals surface area contributed by atoms with Crippen LogP contribution in [-0.4, -0.2) is 18.5 Å². The minimum Gasteiger partial charge on any atom is -0.452 e. The lowest BCUT2D eigenvalue weighted by molar-refractivity contribution is -0.142. The second-order valence-electron chi connectivity index (χ2n) is 5.33. The number of nitrogens with one attached hydrogen (secondary N) is 1. The molecule has 5 heteroatoms. The fourth-order valence-electron chi connectivity index (χ4n) is 2.02. The summed E-state index contributed by atoms with van der Waals surface area (Å²) in [5, 5.41) is 2.36. The highest BCUT2D eigenvalue weighted by Crippen LogP contribution is 2.15. The van der Waals surface area contributed by atoms with Crippen LogP contribution in [0.25, 0.3) is 6.08 Å². The highest BCUT2D eigenvalue weighted by Gasteiger charge is 2.09. The topological polar surface area (TPSA) is 55.4 Å². The van der Waals surface area contributed by atoms with E-state index in [2.05, 4.69) is 5.32 Å². The SMILES string of the molecule is Cc1ccc(NC(=O)COC(=O)/C=C/c2ccccc2C)c(F)c1. The summed E-state index contributed by atoms with van der Waals surface area (Å²) in [5.74, 6) is -1.78. The smallest absolute Gasteiger partial charge is 0.331 e. The molecule has 0 aliphatic heterocycles. The molecular weight excluding hydrogens is 309 g/mol. The van der Waals surface area contributed by atoms with Crippen molar-refractivity contribution in [2.24, 2.45) is 0 Å². The van der Waals surface area contributed by atoms with Crippen LogP contribution in [0.4, 0.5) is 10.1 Å². The van der Waals surface area contributed by atoms with Crippen LogP contribution in [-0.2, 0) is 14.3 Å². The molecule has 0 aliphatic rings. The molecule has 124 valence electrons. The Bertz CT molecular complexity index is 784. The number of ether oxygens (including phenoxy) is 1. The van der Waals surface area contributed by atoms with Gasteiger partial charge in [-0.05, 0) is 48.7 Å². The number of anilines is 1. The Morgan fingerprint density at radius 3 is 2.62 bits per heavy atom. The molecule has 0 aliphatic carbocycles. The Labute approximate surface area is 140 Å². The van der Waals surface area contributed by atoms with E-state index in [0.717, 1.165) is 16.7 Å². The minimum absolute atomic E-state index is 0.0529. The van der Waals surface area contributed by atoms with Crippen molar-refractivity contribution in [3.8, 4) is 0 Å². The van der Waals surface area contributed by atoms with Crippen molar-refractivity contribution in [3.63, 3.8) is 0 Å². The molecule has 4 nitrogen and oxygen atoms in total. The Balaban J connectivity index is 1.85. The van der Waals surface area contributed by atoms with E-state index in [1.165, 1.54) is 18.2 Å². The van der Waals surface area contributed by atoms with Crippen LogP contribution in [0.1, 0.15) is 16.7 Å². The van der Waals surface area contributed by atoms with E-state index >= 15 is 0 Å². The van der Waals surface area contributed by atoms with Crippen LogP contribution in [0.3, 0.4) is 0 Å². The van der Waals surface area contributed by atoms with Crippen molar-refractivity contribution < 1.29 is 18.7 Å². The molecule has 0 saturated carbocycles. The summed E-state index contributed by atoms with van der Waals surface area (Å²) in [6, 6.07) is 12.0. The van der Waals surface area contributed by atoms with Crippen LogP contribution in [0.15, 0.2) is 48.5 Å². The summed E-state index contributed by atoms with van der Waals surface area (Å²) in [6.45, 7) is 3.19. The van der Waals surface area contributed by atoms with Crippen molar-refractivity contribution in [1.82, 2.24) is 0 Å². The van der Waals surface area contributed by atoms with Gasteiger partial charge in [-0.3, -0.25) is 4.79 Å². The third-order valence-electron chi connectivity index (χ3n) is 3.33. The molecular formula is C19H18FNO3. The van der Waals surface area contributed by atoms with Crippen LogP contribution in [0.5, 0.6) is 0 Å². The first-order valence-electron chi connectivity index (χ1n) is 7.42. The standard InChI is InChI=1S/C19H18FNO3/c1-13-7-9-17(16(20)11-13)21-18(22)12-24-19(23)10-8-15-6-4-3-5-14(15)2/h3-11H,12H2,1-2H3,(H,21,22)/b10-8+. The van der Waals surface area contributed by atoms with Crippen molar-refractivity contribution in [3.05, 3.63) is 71.0 Å². The van der Waals surface area contributed by atoms with Gasteiger partial charge >= 0.3 is 5.97 Å². The van der Waals surface area contributed by atoms with E-state index in [1.54, 1.807) is 19.1 Å². The Morgan fingerprint density at radius 1 is 1.17 bits per heavy atom. The number of hydrogen-bond donors (Lipinski definition) is 1. The molecule has 0 saturated heterocycles. The molecule has 2 aromatic rings. The molecule has 2 rings (SSSR count). The number of hydrogen-bond acceptors (Lipinski definition) is 3. The first kappa shape index (κ1) is 17.4. The molecule has 1 amide bonds. The van der Waals surface area contributed by atoms with Gasteiger partial charge in [-0.1, -0.05) is 30.3 Å². The second kappa shape index (κ2) is 8.06. The van der Waals surface area contributed by atoms with Crippen LogP contribution >= 0.6 is 0 Å². The first-order chi connectivity index (χ1) is 11.5. The van der Waals surface area contributed by atoms with Crippen LogP contribution in [0.2, 0.25) is 0 Å². The summed E-state index contributed by atoms with van der Waals surface area (Å²) in [4.78, 5) is 23.3. The third kappa shape index (κ3) is 5.05. The quantitative estimate of drug-likeness (QED) is 0.674. The normalized spacial score (nSPS) is 10.6. The molecule has 0 unspecified atom stereocenters. The Hall–Kier alpha value is -2.95. The third-order valence-corrected chi connectivity index (χ3v) is 3.33. The number of benzene rings is 2. The zero-order chi connectivity index (χ0) is 17.5. The minimum atomic E-state index is -0.641. The zero-order valence-electron chi connectivity index (χ0n) is 13.5. The van der Waals surface area contributed by atoms with Gasteiger partial charge < -0.3 is 10.1 Å². The van der Waals surface area contributed by atoms with Crippen molar-refractivity contribution in [2.75, 3.05) is 11.9 Å². The molecule has 1 N–H and O–H groups in total. The predicted molar refractivity (Wildman–Crippen MR) is 90.9 cm³/mol. The monoisotopic (exact) mass is 327 g/mol. The lowest BCUT2D eigenvalue weighted by atomic mass is 10.1. The highest BCUT2D eigenvalue weighted by molar-refractivity contribution is 5.94. The van der Waals surface area contributed by atoms with Gasteiger partial charge in [0.2, 0.25) is 0 Å². The largest absolute Gasteiger partial charge is 0.452 e. The highest BCUT2D eigenvalue weighted by atomic mass is 19.1. The lowest BCUT2D eigenvalue weighted by Gasteiger charge is -2.07. The molecule has 24 heavy (non-hydrogen) atoms. The van der Waals surface area contributed by atoms with Gasteiger partial charge in [0.1, 0.15) is 5.82 Å². The summed E-state index contributed by atoms with van der Waals surface area (Å²) in [6.07, 6.45) is 2.87. The summed E-state index contributed by atoms with van der Waals surface area (Å²) < 4.78 is 18.5. The summed E-state index contributed by atoms with van der Waals surface area (Å²) >= 11 is 0. The van der Waals surface area contributed by atoms with Crippen LogP contribution in [0, 0.1) is 19.7 Å². The second-order valence-corrected chi connectivity index (χ2v) is 5.33. The molecule has 0 radical (unpaired) electrons. The molecule has 0 aromatic heterocycles. The molecule has 0 fully saturated rings. The molecule has 0 bridgehead atoms. The summed E-state index contributed by atoms with van der Waals surface area (Å²) in [5.41, 5.74) is 2.71. The number of rotatable bonds is 5. The predicted octanol–water partition coefficient (Wildman–Crippen LogP) is 3.64. The van der Waals surface area contributed by atoms with E-state index in [4.69, 9.17) is 4.74 Å². The van der Waals surface area contributed by atoms with Crippen molar-refractivity contribution in [1.29, 1.82) is 0 Å². The van der Waals surface area contributed by atoms with E-state index in [9.17, 15) is 14.0 Å². The fourth-order valence-corrected chi connectivity index (χ4v) is 2.02. The molecule has 0 atom stereocenters. The van der Waals surface area contributed by atoms with Gasteiger partial charge in [-0.15, -0.1) is 0 Å². The molecule has 0 heterocycles. The lowest BCUT2D eigenvalue weighted by Crippen LogP contribution is -2.20. The van der Waals surface area contributed by atoms with Gasteiger partial charge in [-0.25, -0.2) is 9.18 Å². The van der Waals surface area contributed by atoms with E-state index in [0.29, 0.717) is 0 Å². The average Bonchev–Trinajstić information content (AvgIpc) is 2.55. The Kier molecular flexibility index (Phi) is 5.84. The Morgan fingerprint density at radius 2 is 1.92 bits per heavy atom. The average molecular weight is 327 g/mol. The van der Waals surface area contributed by atoms with Gasteiger partial charge in [0, 0.05) is 6.08 Å². The van der Waals surface area contributed by atoms with E-state index < -0.39 is 24.3 Å². The van der Waals surface area contributed by atoms with E-state index in [-0.39, 0.29) is 5.69 Å². The number of carbonyl (C=O) groups is 2. The maximum absolute atomic E-state index is 13.6. The van der Waals surface area contributed by atoms with Crippen molar-refractivity contribution >= 4 is 23.6 Å². The number of amides is 1. The number of esters is 1. The number of halogens is 1. The van der Waals surface area contributed by atoms with Gasteiger partial charge in [0.25, 0.3) is 5.91 Å². The van der Waals surface area contributed by atoms with Gasteiger partial charge in [0.15, 0.2) is 6.61 Å². The molecule has 0 spiro atoms. The first-order valence-corrected chi connectivity index (χ1v) is 7.42. The maximum Gasteiger partial charge on any atom is 0.331 e. The maximum atomic E-state index is 13.6. The summed E-state index contributed by atoms with van der Waals surface area (Å²) in [7, 11) is 0. The van der Waals surface area contributed by atoms with Crippen molar-refractivity contribution in [2.45, 2.75) is 13.8 Å². The number of carbonyl (C=O) groups excluding carboxylic acids is 2. The van der Waals surface area contributed by atoms with Gasteiger partial charge in [0.05, 0.1) is 5.69 Å². The van der Waals surface area contributed by atoms with E-state index in [1.807, 2.05) is 31.2 Å². The van der Waals surface area contributed by atoms with Crippen LogP contribution < -0.4 is 5.32 Å². The molecule has 2 aromatic carbocycles. The number of aryl methyl sites for hydroxylation is 2. The van der Waals surface area contributed by atoms with Gasteiger partial charge in [-0.2, -0.15) is 0 Å². The fraction of sp³-hybridized carbons (Fsp3) is 0.158. The zero-order valence-corrected chi connectivity index (χ0v) is 13.5.